The third-order valence-corrected chi connectivity index (χ3v) is 3.43. The van der Waals surface area contributed by atoms with Gasteiger partial charge in [-0.05, 0) is 30.4 Å². The second kappa shape index (κ2) is 3.54. The highest BCUT2D eigenvalue weighted by molar-refractivity contribution is 7.17. The number of hydrogen-bond acceptors (Lipinski definition) is 2. The van der Waals surface area contributed by atoms with Gasteiger partial charge in [0.05, 0.1) is 0 Å². The Morgan fingerprint density at radius 2 is 2.21 bits per heavy atom. The lowest BCUT2D eigenvalue weighted by Crippen LogP contribution is -1.93. The first-order chi connectivity index (χ1) is 6.74. The Bertz CT molecular complexity index is 482. The summed E-state index contributed by atoms with van der Waals surface area (Å²) >= 11 is 1.72. The number of aryl methyl sites for hydroxylation is 1. The van der Waals surface area contributed by atoms with Crippen LogP contribution in [-0.2, 0) is 6.42 Å². The van der Waals surface area contributed by atoms with Crippen LogP contribution in [0.5, 0.6) is 0 Å². The number of fused-ring (bicyclic) bond motifs is 1. The zero-order valence-corrected chi connectivity index (χ0v) is 9.15. The molecule has 0 radical (unpaired) electrons. The largest absolute Gasteiger partial charge is 0.294 e. The van der Waals surface area contributed by atoms with Gasteiger partial charge in [0.1, 0.15) is 0 Å². The highest BCUT2D eigenvalue weighted by atomic mass is 32.1. The van der Waals surface area contributed by atoms with Gasteiger partial charge in [-0.25, -0.2) is 0 Å². The Morgan fingerprint density at radius 3 is 2.86 bits per heavy atom. The summed E-state index contributed by atoms with van der Waals surface area (Å²) in [6.07, 6.45) is 0.990. The number of thiophene rings is 1. The average Bonchev–Trinajstić information content (AvgIpc) is 2.59. The summed E-state index contributed by atoms with van der Waals surface area (Å²) < 4.78 is 1.22. The van der Waals surface area contributed by atoms with Crippen LogP contribution in [0.1, 0.15) is 29.8 Å². The molecule has 1 aromatic carbocycles. The topological polar surface area (TPSA) is 17.1 Å². The molecule has 0 bridgehead atoms. The van der Waals surface area contributed by atoms with Crippen molar-refractivity contribution in [3.05, 3.63) is 34.7 Å². The molecule has 2 aromatic rings. The standard InChI is InChI=1S/C12H12OS/c1-3-9-7-14-11-6-4-5-10(8(2)13)12(9)11/h4-7H,3H2,1-2H3. The van der Waals surface area contributed by atoms with Gasteiger partial charge >= 0.3 is 0 Å². The van der Waals surface area contributed by atoms with E-state index in [4.69, 9.17) is 0 Å². The summed E-state index contributed by atoms with van der Waals surface area (Å²) in [5.41, 5.74) is 2.15. The Kier molecular flexibility index (Phi) is 2.38. The van der Waals surface area contributed by atoms with Crippen LogP contribution in [0.15, 0.2) is 23.6 Å². The molecular formula is C12H12OS. The minimum absolute atomic E-state index is 0.156. The summed E-state index contributed by atoms with van der Waals surface area (Å²) in [6.45, 7) is 3.75. The zero-order chi connectivity index (χ0) is 10.1. The Morgan fingerprint density at radius 1 is 1.43 bits per heavy atom. The smallest absolute Gasteiger partial charge is 0.160 e. The summed E-state index contributed by atoms with van der Waals surface area (Å²) in [5, 5.41) is 3.31. The molecule has 0 aliphatic rings. The molecule has 0 aliphatic heterocycles. The quantitative estimate of drug-likeness (QED) is 0.682. The van der Waals surface area contributed by atoms with Gasteiger partial charge in [0.25, 0.3) is 0 Å². The van der Waals surface area contributed by atoms with Crippen LogP contribution in [0.3, 0.4) is 0 Å². The second-order valence-electron chi connectivity index (χ2n) is 3.35. The fraction of sp³-hybridized carbons (Fsp3) is 0.250. The number of benzene rings is 1. The van der Waals surface area contributed by atoms with E-state index in [0.717, 1.165) is 17.4 Å². The molecule has 0 fully saturated rings. The van der Waals surface area contributed by atoms with Crippen molar-refractivity contribution < 1.29 is 4.79 Å². The van der Waals surface area contributed by atoms with Crippen molar-refractivity contribution in [1.82, 2.24) is 0 Å². The van der Waals surface area contributed by atoms with Crippen molar-refractivity contribution in [3.8, 4) is 0 Å². The van der Waals surface area contributed by atoms with E-state index in [9.17, 15) is 4.79 Å². The summed E-state index contributed by atoms with van der Waals surface area (Å²) in [6, 6.07) is 5.94. The highest BCUT2D eigenvalue weighted by Crippen LogP contribution is 2.29. The normalized spacial score (nSPS) is 10.7. The predicted octanol–water partition coefficient (Wildman–Crippen LogP) is 3.67. The van der Waals surface area contributed by atoms with E-state index in [2.05, 4.69) is 18.4 Å². The molecule has 2 heteroatoms. The van der Waals surface area contributed by atoms with Crippen LogP contribution in [0.2, 0.25) is 0 Å². The maximum absolute atomic E-state index is 11.4. The summed E-state index contributed by atoms with van der Waals surface area (Å²) in [7, 11) is 0. The molecule has 14 heavy (non-hydrogen) atoms. The first kappa shape index (κ1) is 9.41. The molecular weight excluding hydrogens is 192 g/mol. The minimum atomic E-state index is 0.156. The van der Waals surface area contributed by atoms with Gasteiger partial charge in [-0.3, -0.25) is 4.79 Å². The Balaban J connectivity index is 2.81. The molecule has 0 amide bonds. The van der Waals surface area contributed by atoms with E-state index < -0.39 is 0 Å². The number of carbonyl (C=O) groups is 1. The lowest BCUT2D eigenvalue weighted by molar-refractivity contribution is 0.101. The Hall–Kier alpha value is -1.15. The van der Waals surface area contributed by atoms with E-state index in [1.807, 2.05) is 12.1 Å². The number of Topliss-reactive ketones (excluding diaryl/α,β-unsaturated/α-hetero) is 1. The molecule has 0 aliphatic carbocycles. The van der Waals surface area contributed by atoms with Gasteiger partial charge in [-0.15, -0.1) is 11.3 Å². The van der Waals surface area contributed by atoms with Gasteiger partial charge in [0, 0.05) is 15.6 Å². The first-order valence-corrected chi connectivity index (χ1v) is 5.62. The molecule has 0 atom stereocenters. The van der Waals surface area contributed by atoms with Crippen molar-refractivity contribution in [2.75, 3.05) is 0 Å². The number of rotatable bonds is 2. The predicted molar refractivity (Wildman–Crippen MR) is 61.2 cm³/mol. The average molecular weight is 204 g/mol. The van der Waals surface area contributed by atoms with Crippen LogP contribution >= 0.6 is 11.3 Å². The molecule has 0 spiro atoms. The molecule has 2 rings (SSSR count). The van der Waals surface area contributed by atoms with E-state index >= 15 is 0 Å². The molecule has 1 aromatic heterocycles. The minimum Gasteiger partial charge on any atom is -0.294 e. The summed E-state index contributed by atoms with van der Waals surface area (Å²) in [5.74, 6) is 0.156. The number of carbonyl (C=O) groups excluding carboxylic acids is 1. The zero-order valence-electron chi connectivity index (χ0n) is 8.33. The van der Waals surface area contributed by atoms with Crippen molar-refractivity contribution in [2.24, 2.45) is 0 Å². The number of ketones is 1. The van der Waals surface area contributed by atoms with Gasteiger partial charge in [-0.1, -0.05) is 19.1 Å². The van der Waals surface area contributed by atoms with Gasteiger partial charge in [0.2, 0.25) is 0 Å². The highest BCUT2D eigenvalue weighted by Gasteiger charge is 2.09. The van der Waals surface area contributed by atoms with Crippen molar-refractivity contribution >= 4 is 27.2 Å². The lowest BCUT2D eigenvalue weighted by Gasteiger charge is -2.00. The SMILES string of the molecule is CCc1csc2cccc(C(C)=O)c12. The van der Waals surface area contributed by atoms with Crippen LogP contribution in [0, 0.1) is 0 Å². The summed E-state index contributed by atoms with van der Waals surface area (Å²) in [4.78, 5) is 11.4. The van der Waals surface area contributed by atoms with Crippen molar-refractivity contribution in [1.29, 1.82) is 0 Å². The maximum atomic E-state index is 11.4. The van der Waals surface area contributed by atoms with Crippen LogP contribution in [0.25, 0.3) is 10.1 Å². The monoisotopic (exact) mass is 204 g/mol. The van der Waals surface area contributed by atoms with Crippen LogP contribution in [0.4, 0.5) is 0 Å². The fourth-order valence-electron chi connectivity index (χ4n) is 1.71. The molecule has 0 saturated heterocycles. The van der Waals surface area contributed by atoms with Crippen molar-refractivity contribution in [3.63, 3.8) is 0 Å². The molecule has 0 unspecified atom stereocenters. The molecule has 72 valence electrons. The molecule has 0 saturated carbocycles. The third kappa shape index (κ3) is 1.36. The molecule has 1 nitrogen and oxygen atoms in total. The van der Waals surface area contributed by atoms with Crippen LogP contribution < -0.4 is 0 Å². The van der Waals surface area contributed by atoms with Gasteiger partial charge < -0.3 is 0 Å². The van der Waals surface area contributed by atoms with Crippen LogP contribution in [-0.4, -0.2) is 5.78 Å². The van der Waals surface area contributed by atoms with E-state index in [1.165, 1.54) is 10.3 Å². The maximum Gasteiger partial charge on any atom is 0.160 e. The Labute approximate surface area is 87.4 Å². The second-order valence-corrected chi connectivity index (χ2v) is 4.26. The van der Waals surface area contributed by atoms with Crippen molar-refractivity contribution in [2.45, 2.75) is 20.3 Å². The fourth-order valence-corrected chi connectivity index (χ4v) is 2.78. The number of hydrogen-bond donors (Lipinski definition) is 0. The molecule has 0 N–H and O–H groups in total. The van der Waals surface area contributed by atoms with E-state index in [-0.39, 0.29) is 5.78 Å². The molecule has 1 heterocycles. The third-order valence-electron chi connectivity index (χ3n) is 2.44. The van der Waals surface area contributed by atoms with Gasteiger partial charge in [-0.2, -0.15) is 0 Å². The van der Waals surface area contributed by atoms with E-state index in [1.54, 1.807) is 18.3 Å². The van der Waals surface area contributed by atoms with E-state index in [0.29, 0.717) is 0 Å². The first-order valence-electron chi connectivity index (χ1n) is 4.74. The van der Waals surface area contributed by atoms with Gasteiger partial charge in [0.15, 0.2) is 5.78 Å². The lowest BCUT2D eigenvalue weighted by atomic mass is 10.0.